The largest absolute Gasteiger partial charge is 0.416 e. The van der Waals surface area contributed by atoms with Gasteiger partial charge in [0, 0.05) is 5.92 Å². The molecular weight excluding hydrogens is 426 g/mol. The minimum atomic E-state index is -4.86. The maximum absolute atomic E-state index is 13.2. The molecule has 0 fully saturated rings. The van der Waals surface area contributed by atoms with Gasteiger partial charge < -0.3 is 0 Å². The lowest BCUT2D eigenvalue weighted by molar-refractivity contribution is -0.143. The van der Waals surface area contributed by atoms with Crippen molar-refractivity contribution in [1.29, 1.82) is 0 Å². The molecule has 0 amide bonds. The van der Waals surface area contributed by atoms with Crippen LogP contribution in [0.1, 0.15) is 63.6 Å². The van der Waals surface area contributed by atoms with E-state index in [1.165, 1.54) is 0 Å². The first-order valence-corrected chi connectivity index (χ1v) is 10.6. The van der Waals surface area contributed by atoms with Crippen LogP contribution in [-0.4, -0.2) is 0 Å². The standard InChI is InChI=1S/C26H30F6/c1-6-8-20(11-12-21(10-9-18(3)4)13-19(5)7-2)14-22-15-23(25(27,28)29)17-24(16-22)26(30,31)32/h2,8,10-12,15-19H,6,9,13-14H2,1,3-5H3/b12-11-,20-8?,21-10-. The average molecular weight is 457 g/mol. The molecule has 176 valence electrons. The Bertz CT molecular complexity index is 841. The molecule has 0 saturated carbocycles. The Kier molecular flexibility index (Phi) is 10.3. The maximum atomic E-state index is 13.2. The van der Waals surface area contributed by atoms with Crippen molar-refractivity contribution in [3.05, 3.63) is 70.3 Å². The van der Waals surface area contributed by atoms with Crippen molar-refractivity contribution in [1.82, 2.24) is 0 Å². The van der Waals surface area contributed by atoms with Gasteiger partial charge in [0.05, 0.1) is 11.1 Å². The summed E-state index contributed by atoms with van der Waals surface area (Å²) in [6, 6.07) is 1.71. The van der Waals surface area contributed by atoms with Crippen LogP contribution in [0.2, 0.25) is 0 Å². The molecule has 0 aliphatic carbocycles. The van der Waals surface area contributed by atoms with Crippen LogP contribution in [0.4, 0.5) is 26.3 Å². The molecule has 1 aromatic carbocycles. The quantitative estimate of drug-likeness (QED) is 0.198. The smallest absolute Gasteiger partial charge is 0.166 e. The van der Waals surface area contributed by atoms with Crippen molar-refractivity contribution < 1.29 is 26.3 Å². The third-order valence-corrected chi connectivity index (χ3v) is 4.71. The van der Waals surface area contributed by atoms with E-state index in [1.807, 2.05) is 19.9 Å². The van der Waals surface area contributed by atoms with Crippen molar-refractivity contribution in [2.24, 2.45) is 11.8 Å². The summed E-state index contributed by atoms with van der Waals surface area (Å²) in [5.41, 5.74) is -1.01. The zero-order valence-electron chi connectivity index (χ0n) is 18.9. The van der Waals surface area contributed by atoms with Gasteiger partial charge in [0.2, 0.25) is 0 Å². The van der Waals surface area contributed by atoms with Crippen molar-refractivity contribution >= 4 is 0 Å². The molecule has 0 aromatic heterocycles. The fourth-order valence-electron chi connectivity index (χ4n) is 3.05. The van der Waals surface area contributed by atoms with Crippen LogP contribution in [0.5, 0.6) is 0 Å². The Hall–Kier alpha value is -2.42. The molecule has 0 bridgehead atoms. The fourth-order valence-corrected chi connectivity index (χ4v) is 3.05. The molecule has 1 unspecified atom stereocenters. The van der Waals surface area contributed by atoms with Gasteiger partial charge >= 0.3 is 12.4 Å². The lowest BCUT2D eigenvalue weighted by atomic mass is 9.95. The van der Waals surface area contributed by atoms with Crippen LogP contribution < -0.4 is 0 Å². The van der Waals surface area contributed by atoms with Crippen molar-refractivity contribution in [2.75, 3.05) is 0 Å². The Morgan fingerprint density at radius 1 is 0.906 bits per heavy atom. The maximum Gasteiger partial charge on any atom is 0.416 e. The van der Waals surface area contributed by atoms with Crippen LogP contribution in [0.25, 0.3) is 0 Å². The first kappa shape index (κ1) is 27.6. The lowest BCUT2D eigenvalue weighted by Crippen LogP contribution is -2.12. The Morgan fingerprint density at radius 3 is 1.88 bits per heavy atom. The third-order valence-electron chi connectivity index (χ3n) is 4.71. The van der Waals surface area contributed by atoms with Crippen LogP contribution >= 0.6 is 0 Å². The highest BCUT2D eigenvalue weighted by Crippen LogP contribution is 2.36. The molecule has 1 aromatic rings. The Morgan fingerprint density at radius 2 is 1.44 bits per heavy atom. The molecular formula is C26H30F6. The normalized spacial score (nSPS) is 14.8. The van der Waals surface area contributed by atoms with E-state index >= 15 is 0 Å². The number of benzene rings is 1. The van der Waals surface area contributed by atoms with E-state index in [0.717, 1.165) is 24.1 Å². The van der Waals surface area contributed by atoms with Crippen LogP contribution in [0.3, 0.4) is 0 Å². The number of hydrogen-bond acceptors (Lipinski definition) is 0. The molecule has 0 N–H and O–H groups in total. The van der Waals surface area contributed by atoms with Gasteiger partial charge in [-0.15, -0.1) is 12.3 Å². The molecule has 0 radical (unpaired) electrons. The first-order chi connectivity index (χ1) is 14.8. The topological polar surface area (TPSA) is 0 Å². The predicted octanol–water partition coefficient (Wildman–Crippen LogP) is 8.79. The van der Waals surface area contributed by atoms with Gasteiger partial charge in [0.25, 0.3) is 0 Å². The van der Waals surface area contributed by atoms with E-state index in [0.29, 0.717) is 24.3 Å². The molecule has 1 rings (SSSR count). The average Bonchev–Trinajstić information content (AvgIpc) is 2.68. The summed E-state index contributed by atoms with van der Waals surface area (Å²) in [6.45, 7) is 7.94. The number of halogens is 6. The summed E-state index contributed by atoms with van der Waals surface area (Å²) < 4.78 is 79.0. The van der Waals surface area contributed by atoms with Gasteiger partial charge in [0.15, 0.2) is 0 Å². The van der Waals surface area contributed by atoms with Crippen molar-refractivity contribution in [2.45, 2.75) is 65.7 Å². The van der Waals surface area contributed by atoms with E-state index in [2.05, 4.69) is 25.8 Å². The number of allylic oxidation sites excluding steroid dienone is 6. The second-order valence-electron chi connectivity index (χ2n) is 8.29. The van der Waals surface area contributed by atoms with Gasteiger partial charge in [-0.05, 0) is 60.9 Å². The number of hydrogen-bond donors (Lipinski definition) is 0. The third kappa shape index (κ3) is 9.80. The molecule has 0 heterocycles. The van der Waals surface area contributed by atoms with Gasteiger partial charge in [-0.2, -0.15) is 26.3 Å². The molecule has 0 saturated heterocycles. The first-order valence-electron chi connectivity index (χ1n) is 10.6. The number of alkyl halides is 6. The molecule has 6 heteroatoms. The molecule has 0 aliphatic rings. The van der Waals surface area contributed by atoms with E-state index in [1.54, 1.807) is 12.2 Å². The molecule has 0 nitrogen and oxygen atoms in total. The highest BCUT2D eigenvalue weighted by Gasteiger charge is 2.36. The van der Waals surface area contributed by atoms with Gasteiger partial charge in [-0.25, -0.2) is 0 Å². The van der Waals surface area contributed by atoms with Crippen LogP contribution in [0.15, 0.2) is 53.6 Å². The van der Waals surface area contributed by atoms with Crippen LogP contribution in [0, 0.1) is 24.2 Å². The summed E-state index contributed by atoms with van der Waals surface area (Å²) >= 11 is 0. The molecule has 0 aliphatic heterocycles. The van der Waals surface area contributed by atoms with Crippen molar-refractivity contribution in [3.8, 4) is 12.3 Å². The van der Waals surface area contributed by atoms with E-state index < -0.39 is 23.5 Å². The summed E-state index contributed by atoms with van der Waals surface area (Å²) in [6.07, 6.45) is 5.28. The highest BCUT2D eigenvalue weighted by atomic mass is 19.4. The molecule has 32 heavy (non-hydrogen) atoms. The van der Waals surface area contributed by atoms with Crippen molar-refractivity contribution in [3.63, 3.8) is 0 Å². The predicted molar refractivity (Wildman–Crippen MR) is 118 cm³/mol. The minimum absolute atomic E-state index is 0.00878. The monoisotopic (exact) mass is 456 g/mol. The van der Waals surface area contributed by atoms with E-state index in [-0.39, 0.29) is 24.0 Å². The van der Waals surface area contributed by atoms with Crippen LogP contribution in [-0.2, 0) is 18.8 Å². The highest BCUT2D eigenvalue weighted by molar-refractivity contribution is 5.38. The van der Waals surface area contributed by atoms with Gasteiger partial charge in [-0.3, -0.25) is 0 Å². The van der Waals surface area contributed by atoms with E-state index in [4.69, 9.17) is 6.42 Å². The summed E-state index contributed by atoms with van der Waals surface area (Å²) in [4.78, 5) is 0. The fraction of sp³-hybridized carbons (Fsp3) is 0.462. The zero-order chi connectivity index (χ0) is 24.5. The second-order valence-corrected chi connectivity index (χ2v) is 8.29. The number of terminal acetylenes is 1. The zero-order valence-corrected chi connectivity index (χ0v) is 18.9. The molecule has 0 spiro atoms. The lowest BCUT2D eigenvalue weighted by Gasteiger charge is -2.15. The van der Waals surface area contributed by atoms with E-state index in [9.17, 15) is 26.3 Å². The van der Waals surface area contributed by atoms with Gasteiger partial charge in [-0.1, -0.05) is 57.6 Å². The SMILES string of the molecule is C#CC(C)CC(/C=C\C(=CCC)Cc1cc(C(F)(F)F)cc(C(F)(F)F)c1)=C\CC(C)C. The number of rotatable bonds is 9. The summed E-state index contributed by atoms with van der Waals surface area (Å²) in [5.74, 6) is 3.12. The molecule has 1 atom stereocenters. The summed E-state index contributed by atoms with van der Waals surface area (Å²) in [5, 5.41) is 0. The second kappa shape index (κ2) is 12.0. The minimum Gasteiger partial charge on any atom is -0.166 e. The Balaban J connectivity index is 3.29. The Labute approximate surface area is 187 Å². The summed E-state index contributed by atoms with van der Waals surface area (Å²) in [7, 11) is 0. The van der Waals surface area contributed by atoms with Gasteiger partial charge in [0.1, 0.15) is 0 Å².